The molecule has 1 amide bonds. The fraction of sp³-hybridized carbons (Fsp3) is 0.0625. The van der Waals surface area contributed by atoms with Gasteiger partial charge in [0, 0.05) is 12.4 Å². The predicted octanol–water partition coefficient (Wildman–Crippen LogP) is 3.19. The molecule has 1 aliphatic rings. The first-order valence-corrected chi connectivity index (χ1v) is 7.79. The van der Waals surface area contributed by atoms with Crippen LogP contribution in [0.2, 0.25) is 0 Å². The molecule has 0 atom stereocenters. The Balaban J connectivity index is 1.80. The number of thioether (sulfide) groups is 1. The summed E-state index contributed by atoms with van der Waals surface area (Å²) in [6.45, 7) is 0.422. The zero-order chi connectivity index (χ0) is 15.5. The second kappa shape index (κ2) is 6.29. The van der Waals surface area contributed by atoms with Crippen LogP contribution in [-0.4, -0.2) is 25.2 Å². The Kier molecular flexibility index (Phi) is 4.22. The number of carbonyl (C=O) groups is 1. The summed E-state index contributed by atoms with van der Waals surface area (Å²) in [7, 11) is 0. The van der Waals surface area contributed by atoms with Crippen LogP contribution in [0.3, 0.4) is 0 Å². The lowest BCUT2D eigenvalue weighted by Gasteiger charge is -2.13. The number of phenolic OH excluding ortho intramolecular Hbond substituents is 1. The number of nitrogens with zero attached hydrogens (tertiary/aromatic N) is 2. The second-order valence-corrected chi connectivity index (χ2v) is 6.40. The largest absolute Gasteiger partial charge is 0.508 e. The summed E-state index contributed by atoms with van der Waals surface area (Å²) in [4.78, 5) is 18.7. The molecule has 0 saturated carbocycles. The topological polar surface area (TPSA) is 53.4 Å². The summed E-state index contributed by atoms with van der Waals surface area (Å²) in [5.41, 5.74) is 1.78. The maximum atomic E-state index is 12.5. The van der Waals surface area contributed by atoms with Crippen molar-refractivity contribution in [3.63, 3.8) is 0 Å². The standard InChI is InChI=1S/C16H12N2O2S2/c19-13-5-3-11(4-6-13)8-14-15(20)18(16(21)22-14)10-12-2-1-7-17-9-12/h1-9,19H,10H2/b14-8+. The van der Waals surface area contributed by atoms with Crippen molar-refractivity contribution in [3.05, 3.63) is 64.8 Å². The third-order valence-electron chi connectivity index (χ3n) is 3.13. The van der Waals surface area contributed by atoms with Crippen LogP contribution in [-0.2, 0) is 11.3 Å². The maximum absolute atomic E-state index is 12.5. The van der Waals surface area contributed by atoms with E-state index in [1.54, 1.807) is 47.6 Å². The van der Waals surface area contributed by atoms with Crippen LogP contribution in [0, 0.1) is 0 Å². The molecule has 1 saturated heterocycles. The highest BCUT2D eigenvalue weighted by molar-refractivity contribution is 8.26. The fourth-order valence-electron chi connectivity index (χ4n) is 2.03. The maximum Gasteiger partial charge on any atom is 0.266 e. The van der Waals surface area contributed by atoms with Crippen LogP contribution in [0.4, 0.5) is 0 Å². The lowest BCUT2D eigenvalue weighted by molar-refractivity contribution is -0.122. The second-order valence-electron chi connectivity index (χ2n) is 4.72. The Morgan fingerprint density at radius 1 is 1.27 bits per heavy atom. The predicted molar refractivity (Wildman–Crippen MR) is 91.1 cm³/mol. The molecule has 1 aromatic heterocycles. The van der Waals surface area contributed by atoms with E-state index >= 15 is 0 Å². The van der Waals surface area contributed by atoms with Crippen molar-refractivity contribution in [1.29, 1.82) is 0 Å². The Bertz CT molecular complexity index is 743. The third-order valence-corrected chi connectivity index (χ3v) is 4.51. The number of phenols is 1. The lowest BCUT2D eigenvalue weighted by atomic mass is 10.2. The first kappa shape index (κ1) is 14.7. The van der Waals surface area contributed by atoms with Gasteiger partial charge in [-0.15, -0.1) is 0 Å². The van der Waals surface area contributed by atoms with Gasteiger partial charge in [-0.05, 0) is 35.4 Å². The lowest BCUT2D eigenvalue weighted by Crippen LogP contribution is -2.27. The molecule has 1 N–H and O–H groups in total. The van der Waals surface area contributed by atoms with Crippen molar-refractivity contribution in [2.45, 2.75) is 6.54 Å². The monoisotopic (exact) mass is 328 g/mol. The van der Waals surface area contributed by atoms with Gasteiger partial charge >= 0.3 is 0 Å². The van der Waals surface area contributed by atoms with Gasteiger partial charge < -0.3 is 5.11 Å². The number of pyridine rings is 1. The fourth-order valence-corrected chi connectivity index (χ4v) is 3.29. The number of hydrogen-bond donors (Lipinski definition) is 1. The summed E-state index contributed by atoms with van der Waals surface area (Å²) in [5, 5.41) is 9.29. The molecule has 0 spiro atoms. The Morgan fingerprint density at radius 2 is 2.05 bits per heavy atom. The molecule has 0 radical (unpaired) electrons. The first-order chi connectivity index (χ1) is 10.6. The first-order valence-electron chi connectivity index (χ1n) is 6.57. The van der Waals surface area contributed by atoms with Crippen molar-refractivity contribution >= 4 is 40.3 Å². The van der Waals surface area contributed by atoms with Gasteiger partial charge in [-0.1, -0.05) is 42.2 Å². The zero-order valence-corrected chi connectivity index (χ0v) is 13.1. The molecule has 4 nitrogen and oxygen atoms in total. The van der Waals surface area contributed by atoms with E-state index in [0.29, 0.717) is 15.8 Å². The van der Waals surface area contributed by atoms with Crippen LogP contribution in [0.5, 0.6) is 5.75 Å². The molecule has 110 valence electrons. The molecule has 22 heavy (non-hydrogen) atoms. The van der Waals surface area contributed by atoms with Crippen LogP contribution in [0.15, 0.2) is 53.7 Å². The minimum absolute atomic E-state index is 0.105. The average molecular weight is 328 g/mol. The van der Waals surface area contributed by atoms with Gasteiger partial charge in [0.25, 0.3) is 5.91 Å². The molecular weight excluding hydrogens is 316 g/mol. The molecular formula is C16H12N2O2S2. The van der Waals surface area contributed by atoms with Crippen LogP contribution in [0.1, 0.15) is 11.1 Å². The molecule has 2 aromatic rings. The zero-order valence-electron chi connectivity index (χ0n) is 11.5. The highest BCUT2D eigenvalue weighted by Crippen LogP contribution is 2.33. The number of aromatic hydroxyl groups is 1. The van der Waals surface area contributed by atoms with Crippen molar-refractivity contribution in [2.75, 3.05) is 0 Å². The van der Waals surface area contributed by atoms with E-state index < -0.39 is 0 Å². The summed E-state index contributed by atoms with van der Waals surface area (Å²) in [5.74, 6) is 0.0909. The molecule has 6 heteroatoms. The highest BCUT2D eigenvalue weighted by Gasteiger charge is 2.31. The van der Waals surface area contributed by atoms with Crippen LogP contribution < -0.4 is 0 Å². The van der Waals surface area contributed by atoms with Crippen molar-refractivity contribution in [1.82, 2.24) is 9.88 Å². The number of benzene rings is 1. The van der Waals surface area contributed by atoms with Gasteiger partial charge in [-0.25, -0.2) is 0 Å². The van der Waals surface area contributed by atoms with Crippen molar-refractivity contribution in [2.24, 2.45) is 0 Å². The molecule has 3 rings (SSSR count). The Labute approximate surface area is 137 Å². The Hall–Kier alpha value is -2.18. The van der Waals surface area contributed by atoms with Gasteiger partial charge in [0.15, 0.2) is 0 Å². The smallest absolute Gasteiger partial charge is 0.266 e. The molecule has 0 bridgehead atoms. The van der Waals surface area contributed by atoms with E-state index in [1.165, 1.54) is 11.8 Å². The van der Waals surface area contributed by atoms with E-state index in [4.69, 9.17) is 12.2 Å². The molecule has 0 unspecified atom stereocenters. The van der Waals surface area contributed by atoms with Gasteiger partial charge in [0.1, 0.15) is 10.1 Å². The molecule has 0 aliphatic carbocycles. The third kappa shape index (κ3) is 3.18. The van der Waals surface area contributed by atoms with Gasteiger partial charge in [0.05, 0.1) is 11.4 Å². The number of aromatic nitrogens is 1. The average Bonchev–Trinajstić information content (AvgIpc) is 2.78. The van der Waals surface area contributed by atoms with E-state index in [-0.39, 0.29) is 11.7 Å². The van der Waals surface area contributed by atoms with Crippen molar-refractivity contribution in [3.8, 4) is 5.75 Å². The molecule has 1 aliphatic heterocycles. The number of carbonyl (C=O) groups excluding carboxylic acids is 1. The van der Waals surface area contributed by atoms with E-state index in [0.717, 1.165) is 11.1 Å². The number of amides is 1. The highest BCUT2D eigenvalue weighted by atomic mass is 32.2. The van der Waals surface area contributed by atoms with E-state index in [1.807, 2.05) is 12.1 Å². The van der Waals surface area contributed by atoms with E-state index in [2.05, 4.69) is 4.98 Å². The molecule has 1 fully saturated rings. The summed E-state index contributed by atoms with van der Waals surface area (Å²) < 4.78 is 0.541. The van der Waals surface area contributed by atoms with Crippen molar-refractivity contribution < 1.29 is 9.90 Å². The normalized spacial score (nSPS) is 16.5. The van der Waals surface area contributed by atoms with Gasteiger partial charge in [-0.2, -0.15) is 0 Å². The Morgan fingerprint density at radius 3 is 2.73 bits per heavy atom. The van der Waals surface area contributed by atoms with E-state index in [9.17, 15) is 9.90 Å². The van der Waals surface area contributed by atoms with Gasteiger partial charge in [0.2, 0.25) is 0 Å². The van der Waals surface area contributed by atoms with Crippen LogP contribution >= 0.6 is 24.0 Å². The summed E-state index contributed by atoms with van der Waals surface area (Å²) in [6.07, 6.45) is 5.20. The van der Waals surface area contributed by atoms with Crippen LogP contribution in [0.25, 0.3) is 6.08 Å². The minimum Gasteiger partial charge on any atom is -0.508 e. The number of thiocarbonyl (C=S) groups is 1. The SMILES string of the molecule is O=C1/C(=C\c2ccc(O)cc2)SC(=S)N1Cc1cccnc1. The number of hydrogen-bond acceptors (Lipinski definition) is 5. The molecule has 1 aromatic carbocycles. The minimum atomic E-state index is -0.105. The number of rotatable bonds is 3. The van der Waals surface area contributed by atoms with Gasteiger partial charge in [-0.3, -0.25) is 14.7 Å². The quantitative estimate of drug-likeness (QED) is 0.693. The molecule has 2 heterocycles. The summed E-state index contributed by atoms with van der Waals surface area (Å²) >= 11 is 6.58. The summed E-state index contributed by atoms with van der Waals surface area (Å²) in [6, 6.07) is 10.4.